The molecule has 0 spiro atoms. The first-order valence-electron chi connectivity index (χ1n) is 11.7. The van der Waals surface area contributed by atoms with Gasteiger partial charge in [0.1, 0.15) is 11.0 Å². The number of carbonyl (C=O) groups excluding carboxylic acids is 1. The van der Waals surface area contributed by atoms with Gasteiger partial charge >= 0.3 is 0 Å². The number of rotatable bonds is 4. The van der Waals surface area contributed by atoms with Crippen LogP contribution in [0.1, 0.15) is 17.0 Å². The van der Waals surface area contributed by atoms with Gasteiger partial charge in [0.15, 0.2) is 0 Å². The Bertz CT molecular complexity index is 1450. The van der Waals surface area contributed by atoms with Crippen LogP contribution in [0.3, 0.4) is 0 Å². The average molecular weight is 484 g/mol. The molecule has 4 aromatic rings. The smallest absolute Gasteiger partial charge is 0.243 e. The maximum atomic E-state index is 14.0. The van der Waals surface area contributed by atoms with E-state index < -0.39 is 16.9 Å². The van der Waals surface area contributed by atoms with Crippen LogP contribution in [-0.2, 0) is 20.5 Å². The highest BCUT2D eigenvalue weighted by molar-refractivity contribution is 7.82. The molecule has 0 bridgehead atoms. The van der Waals surface area contributed by atoms with Crippen LogP contribution in [0, 0.1) is 0 Å². The highest BCUT2D eigenvalue weighted by atomic mass is 32.2. The molecule has 0 aliphatic carbocycles. The van der Waals surface area contributed by atoms with Crippen molar-refractivity contribution in [1.29, 1.82) is 0 Å². The normalized spacial score (nSPS) is 18.7. The van der Waals surface area contributed by atoms with Crippen LogP contribution in [0.25, 0.3) is 10.8 Å². The predicted molar refractivity (Wildman–Crippen MR) is 139 cm³/mol. The van der Waals surface area contributed by atoms with Crippen LogP contribution in [0.5, 0.6) is 0 Å². The summed E-state index contributed by atoms with van der Waals surface area (Å²) < 4.78 is 17.1. The molecule has 4 aromatic carbocycles. The van der Waals surface area contributed by atoms with Crippen molar-refractivity contribution in [3.63, 3.8) is 0 Å². The van der Waals surface area contributed by atoms with Crippen molar-refractivity contribution in [3.8, 4) is 0 Å². The second kappa shape index (κ2) is 8.92. The van der Waals surface area contributed by atoms with Gasteiger partial charge in [-0.15, -0.1) is 0 Å². The molecule has 0 radical (unpaired) electrons. The van der Waals surface area contributed by atoms with Crippen molar-refractivity contribution in [1.82, 2.24) is 0 Å². The van der Waals surface area contributed by atoms with E-state index in [4.69, 9.17) is 9.88 Å². The highest BCUT2D eigenvalue weighted by Gasteiger charge is 2.39. The van der Waals surface area contributed by atoms with Gasteiger partial charge in [-0.2, -0.15) is 0 Å². The lowest BCUT2D eigenvalue weighted by molar-refractivity contribution is -0.117. The fourth-order valence-corrected chi connectivity index (χ4v) is 5.55. The van der Waals surface area contributed by atoms with E-state index in [1.807, 2.05) is 53.4 Å². The van der Waals surface area contributed by atoms with Gasteiger partial charge in [-0.1, -0.05) is 48.5 Å². The predicted octanol–water partition coefficient (Wildman–Crippen LogP) is 4.47. The second-order valence-electron chi connectivity index (χ2n) is 8.81. The molecule has 6 nitrogen and oxygen atoms in total. The molecule has 2 atom stereocenters. The number of ether oxygens (including phenoxy) is 1. The van der Waals surface area contributed by atoms with E-state index >= 15 is 0 Å². The average Bonchev–Trinajstić information content (AvgIpc) is 3.20. The lowest BCUT2D eigenvalue weighted by Crippen LogP contribution is -2.36. The van der Waals surface area contributed by atoms with E-state index in [1.54, 1.807) is 12.1 Å². The minimum Gasteiger partial charge on any atom is -0.378 e. The molecule has 2 heterocycles. The van der Waals surface area contributed by atoms with E-state index in [-0.39, 0.29) is 5.91 Å². The molecule has 1 saturated heterocycles. The van der Waals surface area contributed by atoms with E-state index in [1.165, 1.54) is 5.69 Å². The van der Waals surface area contributed by atoms with Crippen LogP contribution in [-0.4, -0.2) is 36.4 Å². The van der Waals surface area contributed by atoms with Gasteiger partial charge in [0, 0.05) is 24.2 Å². The van der Waals surface area contributed by atoms with Crippen molar-refractivity contribution in [2.45, 2.75) is 10.8 Å². The Morgan fingerprint density at radius 3 is 2.37 bits per heavy atom. The van der Waals surface area contributed by atoms with E-state index in [0.717, 1.165) is 59.6 Å². The molecule has 2 aliphatic heterocycles. The van der Waals surface area contributed by atoms with Crippen LogP contribution < -0.4 is 14.9 Å². The molecular formula is C28H25N3O3S. The van der Waals surface area contributed by atoms with Crippen molar-refractivity contribution in [2.75, 3.05) is 36.1 Å². The van der Waals surface area contributed by atoms with Gasteiger partial charge in [0.25, 0.3) is 0 Å². The molecule has 2 aliphatic rings. The first-order chi connectivity index (χ1) is 17.1. The van der Waals surface area contributed by atoms with Crippen molar-refractivity contribution in [2.24, 2.45) is 5.14 Å². The zero-order chi connectivity index (χ0) is 23.9. The lowest BCUT2D eigenvalue weighted by Gasteiger charge is -2.29. The third-order valence-corrected chi connectivity index (χ3v) is 7.60. The summed E-state index contributed by atoms with van der Waals surface area (Å²) >= 11 is 0. The summed E-state index contributed by atoms with van der Waals surface area (Å²) in [6, 6.07) is 27.6. The number of para-hydroxylation sites is 1. The number of morpholine rings is 1. The minimum absolute atomic E-state index is 0.00224. The summed E-state index contributed by atoms with van der Waals surface area (Å²) in [5.74, 6) is -0.438. The van der Waals surface area contributed by atoms with Crippen LogP contribution in [0.2, 0.25) is 0 Å². The first kappa shape index (κ1) is 22.0. The quantitative estimate of drug-likeness (QED) is 0.465. The number of nitrogens with two attached hydrogens (primary N) is 1. The maximum Gasteiger partial charge on any atom is 0.243 e. The van der Waals surface area contributed by atoms with Crippen molar-refractivity contribution in [3.05, 3.63) is 96.1 Å². The molecule has 0 aromatic heterocycles. The van der Waals surface area contributed by atoms with E-state index in [0.29, 0.717) is 4.90 Å². The third kappa shape index (κ3) is 3.82. The van der Waals surface area contributed by atoms with Crippen LogP contribution >= 0.6 is 0 Å². The summed E-state index contributed by atoms with van der Waals surface area (Å²) in [5, 5.41) is 7.64. The number of amides is 1. The van der Waals surface area contributed by atoms with E-state index in [2.05, 4.69) is 29.2 Å². The van der Waals surface area contributed by atoms with Crippen LogP contribution in [0.4, 0.5) is 17.1 Å². The molecule has 1 amide bonds. The molecule has 0 saturated carbocycles. The molecule has 35 heavy (non-hydrogen) atoms. The monoisotopic (exact) mass is 483 g/mol. The van der Waals surface area contributed by atoms with E-state index in [9.17, 15) is 9.00 Å². The van der Waals surface area contributed by atoms with Crippen LogP contribution in [0.15, 0.2) is 89.8 Å². The highest BCUT2D eigenvalue weighted by Crippen LogP contribution is 2.46. The lowest BCUT2D eigenvalue weighted by atomic mass is 9.93. The Kier molecular flexibility index (Phi) is 5.60. The fraction of sp³-hybridized carbons (Fsp3) is 0.179. The summed E-state index contributed by atoms with van der Waals surface area (Å²) in [5.41, 5.74) is 4.74. The maximum absolute atomic E-state index is 14.0. The third-order valence-electron chi connectivity index (χ3n) is 6.86. The molecule has 1 fully saturated rings. The molecule has 2 unspecified atom stereocenters. The Labute approximate surface area is 206 Å². The molecule has 2 N–H and O–H groups in total. The number of carbonyl (C=O) groups is 1. The number of nitrogens with zero attached hydrogens (tertiary/aromatic N) is 2. The zero-order valence-corrected chi connectivity index (χ0v) is 19.9. The van der Waals surface area contributed by atoms with Gasteiger partial charge < -0.3 is 9.64 Å². The Morgan fingerprint density at radius 2 is 1.60 bits per heavy atom. The number of fused-ring (bicyclic) bond motifs is 2. The Hall–Kier alpha value is -3.52. The first-order valence-corrected chi connectivity index (χ1v) is 12.9. The Morgan fingerprint density at radius 1 is 0.857 bits per heavy atom. The summed E-state index contributed by atoms with van der Waals surface area (Å²) in [4.78, 5) is 18.7. The van der Waals surface area contributed by atoms with Gasteiger partial charge in [-0.05, 0) is 52.9 Å². The topological polar surface area (TPSA) is 75.9 Å². The largest absolute Gasteiger partial charge is 0.378 e. The Balaban J connectivity index is 1.43. The van der Waals surface area contributed by atoms with Crippen molar-refractivity contribution < 1.29 is 13.7 Å². The van der Waals surface area contributed by atoms with Gasteiger partial charge in [0.05, 0.1) is 35.4 Å². The number of hydrogen-bond donors (Lipinski definition) is 1. The summed E-state index contributed by atoms with van der Waals surface area (Å²) in [7, 11) is -1.55. The zero-order valence-electron chi connectivity index (χ0n) is 19.1. The van der Waals surface area contributed by atoms with Gasteiger partial charge in [0.2, 0.25) is 5.91 Å². The number of anilines is 3. The van der Waals surface area contributed by atoms with Crippen molar-refractivity contribution >= 4 is 44.7 Å². The SMILES string of the molecule is NS(=O)c1ccc(C2C(=O)N(c3cccc4cc(N5CCOCC5)ccc34)c3ccccc32)cc1. The second-order valence-corrected chi connectivity index (χ2v) is 9.88. The molecule has 6 rings (SSSR count). The molecule has 176 valence electrons. The van der Waals surface area contributed by atoms with Gasteiger partial charge in [-0.25, -0.2) is 9.35 Å². The standard InChI is InChI=1S/C28H25N3O3S/c29-35(33)22-11-8-19(9-12-22)27-24-5-1-2-6-26(24)31(28(27)32)25-7-3-4-20-18-21(10-13-23(20)25)30-14-16-34-17-15-30/h1-13,18,27H,14-17,29H2. The number of benzene rings is 4. The molecular weight excluding hydrogens is 458 g/mol. The fourth-order valence-electron chi connectivity index (χ4n) is 5.15. The summed E-state index contributed by atoms with van der Waals surface area (Å²) in [6.45, 7) is 3.23. The number of hydrogen-bond acceptors (Lipinski definition) is 4. The van der Waals surface area contributed by atoms with Gasteiger partial charge in [-0.3, -0.25) is 9.69 Å². The molecule has 7 heteroatoms. The summed E-state index contributed by atoms with van der Waals surface area (Å²) in [6.07, 6.45) is 0. The minimum atomic E-state index is -1.55.